The first-order chi connectivity index (χ1) is 9.36. The molecule has 1 aromatic rings. The zero-order chi connectivity index (χ0) is 14.8. The van der Waals surface area contributed by atoms with E-state index in [4.69, 9.17) is 4.52 Å². The van der Waals surface area contributed by atoms with Gasteiger partial charge in [0.25, 0.3) is 0 Å². The van der Waals surface area contributed by atoms with Gasteiger partial charge in [0.2, 0.25) is 10.0 Å². The van der Waals surface area contributed by atoms with Crippen LogP contribution in [-0.4, -0.2) is 55.2 Å². The SMILES string of the molecule is CC(C)c1cc(CN2CCCN(S(C)(=O)=O)CC2)on1. The Morgan fingerprint density at radius 1 is 1.30 bits per heavy atom. The Hall–Kier alpha value is -0.920. The van der Waals surface area contributed by atoms with Crippen molar-refractivity contribution in [2.24, 2.45) is 0 Å². The number of aromatic nitrogens is 1. The van der Waals surface area contributed by atoms with Crippen molar-refractivity contribution in [1.82, 2.24) is 14.4 Å². The Kier molecular flexibility index (Phi) is 4.82. The van der Waals surface area contributed by atoms with Crippen molar-refractivity contribution >= 4 is 10.0 Å². The number of nitrogens with zero attached hydrogens (tertiary/aromatic N) is 3. The largest absolute Gasteiger partial charge is 0.360 e. The van der Waals surface area contributed by atoms with Gasteiger partial charge in [0.1, 0.15) is 0 Å². The molecule has 2 heterocycles. The summed E-state index contributed by atoms with van der Waals surface area (Å²) in [6, 6.07) is 1.99. The second kappa shape index (κ2) is 6.24. The Bertz CT molecular complexity index is 539. The Morgan fingerprint density at radius 2 is 2.05 bits per heavy atom. The Labute approximate surface area is 120 Å². The molecule has 0 spiro atoms. The Morgan fingerprint density at radius 3 is 2.65 bits per heavy atom. The molecule has 0 unspecified atom stereocenters. The fraction of sp³-hybridized carbons (Fsp3) is 0.769. The lowest BCUT2D eigenvalue weighted by atomic mass is 10.1. The molecule has 114 valence electrons. The molecule has 7 heteroatoms. The molecule has 1 fully saturated rings. The lowest BCUT2D eigenvalue weighted by molar-refractivity contribution is 0.240. The zero-order valence-electron chi connectivity index (χ0n) is 12.4. The van der Waals surface area contributed by atoms with Gasteiger partial charge in [-0.25, -0.2) is 12.7 Å². The lowest BCUT2D eigenvalue weighted by Crippen LogP contribution is -2.34. The van der Waals surface area contributed by atoms with Crippen molar-refractivity contribution in [2.75, 3.05) is 32.4 Å². The van der Waals surface area contributed by atoms with E-state index in [1.54, 1.807) is 4.31 Å². The topological polar surface area (TPSA) is 66.7 Å². The molecule has 1 aliphatic heterocycles. The molecule has 0 N–H and O–H groups in total. The summed E-state index contributed by atoms with van der Waals surface area (Å²) in [6.45, 7) is 7.61. The molecule has 0 aromatic carbocycles. The highest BCUT2D eigenvalue weighted by Gasteiger charge is 2.22. The van der Waals surface area contributed by atoms with Crippen molar-refractivity contribution < 1.29 is 12.9 Å². The third kappa shape index (κ3) is 4.04. The first-order valence-corrected chi connectivity index (χ1v) is 8.84. The van der Waals surface area contributed by atoms with Gasteiger partial charge < -0.3 is 4.52 Å². The van der Waals surface area contributed by atoms with Crippen molar-refractivity contribution in [3.8, 4) is 0 Å². The lowest BCUT2D eigenvalue weighted by Gasteiger charge is -2.19. The number of rotatable bonds is 4. The number of sulfonamides is 1. The maximum Gasteiger partial charge on any atom is 0.211 e. The predicted molar refractivity (Wildman–Crippen MR) is 76.9 cm³/mol. The summed E-state index contributed by atoms with van der Waals surface area (Å²) in [6.07, 6.45) is 2.12. The van der Waals surface area contributed by atoms with Gasteiger partial charge in [0.05, 0.1) is 18.5 Å². The van der Waals surface area contributed by atoms with Crippen LogP contribution >= 0.6 is 0 Å². The number of hydrogen-bond acceptors (Lipinski definition) is 5. The summed E-state index contributed by atoms with van der Waals surface area (Å²) in [4.78, 5) is 2.22. The number of hydrogen-bond donors (Lipinski definition) is 0. The molecule has 1 aliphatic rings. The molecule has 0 amide bonds. The van der Waals surface area contributed by atoms with E-state index in [0.717, 1.165) is 31.0 Å². The molecule has 0 atom stereocenters. The summed E-state index contributed by atoms with van der Waals surface area (Å²) in [7, 11) is -3.08. The van der Waals surface area contributed by atoms with Crippen LogP contribution in [0.2, 0.25) is 0 Å². The van der Waals surface area contributed by atoms with Crippen LogP contribution in [0.4, 0.5) is 0 Å². The van der Waals surface area contributed by atoms with Crippen molar-refractivity contribution in [1.29, 1.82) is 0 Å². The van der Waals surface area contributed by atoms with Gasteiger partial charge in [-0.3, -0.25) is 4.90 Å². The maximum atomic E-state index is 11.6. The highest BCUT2D eigenvalue weighted by atomic mass is 32.2. The first-order valence-electron chi connectivity index (χ1n) is 6.99. The summed E-state index contributed by atoms with van der Waals surface area (Å²) >= 11 is 0. The summed E-state index contributed by atoms with van der Waals surface area (Å²) in [5, 5.41) is 4.05. The smallest absolute Gasteiger partial charge is 0.211 e. The molecule has 2 rings (SSSR count). The molecule has 0 radical (unpaired) electrons. The van der Waals surface area contributed by atoms with E-state index in [2.05, 4.69) is 23.9 Å². The summed E-state index contributed by atoms with van der Waals surface area (Å²) in [5.74, 6) is 1.21. The molecular formula is C13H23N3O3S. The van der Waals surface area contributed by atoms with Crippen molar-refractivity contribution in [3.63, 3.8) is 0 Å². The molecular weight excluding hydrogens is 278 g/mol. The van der Waals surface area contributed by atoms with Gasteiger partial charge in [0, 0.05) is 25.7 Å². The average Bonchev–Trinajstić information content (AvgIpc) is 2.66. The van der Waals surface area contributed by atoms with Gasteiger partial charge >= 0.3 is 0 Å². The average molecular weight is 301 g/mol. The molecule has 0 aliphatic carbocycles. The van der Waals surface area contributed by atoms with Gasteiger partial charge in [-0.05, 0) is 18.9 Å². The minimum Gasteiger partial charge on any atom is -0.360 e. The van der Waals surface area contributed by atoms with Crippen LogP contribution in [0.15, 0.2) is 10.6 Å². The second-order valence-corrected chi connectivity index (χ2v) is 7.65. The molecule has 0 bridgehead atoms. The third-order valence-electron chi connectivity index (χ3n) is 3.56. The summed E-state index contributed by atoms with van der Waals surface area (Å²) < 4.78 is 30.0. The van der Waals surface area contributed by atoms with E-state index >= 15 is 0 Å². The molecule has 1 aromatic heterocycles. The van der Waals surface area contributed by atoms with Crippen LogP contribution in [0.3, 0.4) is 0 Å². The van der Waals surface area contributed by atoms with Crippen LogP contribution in [-0.2, 0) is 16.6 Å². The van der Waals surface area contributed by atoms with Crippen LogP contribution in [0, 0.1) is 0 Å². The fourth-order valence-electron chi connectivity index (χ4n) is 2.33. The quantitative estimate of drug-likeness (QED) is 0.838. The minimum absolute atomic E-state index is 0.359. The summed E-state index contributed by atoms with van der Waals surface area (Å²) in [5.41, 5.74) is 0.965. The molecule has 1 saturated heterocycles. The van der Waals surface area contributed by atoms with E-state index in [1.165, 1.54) is 6.26 Å². The van der Waals surface area contributed by atoms with Gasteiger partial charge in [-0.2, -0.15) is 0 Å². The van der Waals surface area contributed by atoms with Crippen molar-refractivity contribution in [3.05, 3.63) is 17.5 Å². The monoisotopic (exact) mass is 301 g/mol. The standard InChI is InChI=1S/C13H23N3O3S/c1-11(2)13-9-12(19-14-13)10-15-5-4-6-16(8-7-15)20(3,17)18/h9,11H,4-8,10H2,1-3H3. The van der Waals surface area contributed by atoms with E-state index in [-0.39, 0.29) is 0 Å². The Balaban J connectivity index is 1.94. The van der Waals surface area contributed by atoms with Gasteiger partial charge in [-0.15, -0.1) is 0 Å². The maximum absolute atomic E-state index is 11.6. The normalized spacial score (nSPS) is 19.4. The van der Waals surface area contributed by atoms with E-state index in [1.807, 2.05) is 6.07 Å². The first kappa shape index (κ1) is 15.5. The van der Waals surface area contributed by atoms with Crippen LogP contribution < -0.4 is 0 Å². The second-order valence-electron chi connectivity index (χ2n) is 5.66. The molecule has 6 nitrogen and oxygen atoms in total. The highest BCUT2D eigenvalue weighted by molar-refractivity contribution is 7.88. The van der Waals surface area contributed by atoms with Crippen LogP contribution in [0.1, 0.15) is 37.6 Å². The molecule has 0 saturated carbocycles. The minimum atomic E-state index is -3.08. The van der Waals surface area contributed by atoms with E-state index < -0.39 is 10.0 Å². The van der Waals surface area contributed by atoms with E-state index in [0.29, 0.717) is 25.6 Å². The van der Waals surface area contributed by atoms with Gasteiger partial charge in [-0.1, -0.05) is 19.0 Å². The van der Waals surface area contributed by atoms with Crippen molar-refractivity contribution in [2.45, 2.75) is 32.7 Å². The fourth-order valence-corrected chi connectivity index (χ4v) is 3.21. The predicted octanol–water partition coefficient (Wildman–Crippen LogP) is 1.27. The van der Waals surface area contributed by atoms with Gasteiger partial charge in [0.15, 0.2) is 5.76 Å². The van der Waals surface area contributed by atoms with E-state index in [9.17, 15) is 8.42 Å². The highest BCUT2D eigenvalue weighted by Crippen LogP contribution is 2.16. The zero-order valence-corrected chi connectivity index (χ0v) is 13.2. The third-order valence-corrected chi connectivity index (χ3v) is 4.87. The van der Waals surface area contributed by atoms with Crippen LogP contribution in [0.5, 0.6) is 0 Å². The van der Waals surface area contributed by atoms with Crippen LogP contribution in [0.25, 0.3) is 0 Å². The molecule has 20 heavy (non-hydrogen) atoms.